The second-order valence-electron chi connectivity index (χ2n) is 4.41. The minimum absolute atomic E-state index is 0.270. The van der Waals surface area contributed by atoms with E-state index in [1.54, 1.807) is 6.07 Å². The largest absolute Gasteiger partial charge is 0.505 e. The molecule has 0 amide bonds. The van der Waals surface area contributed by atoms with Crippen LogP contribution < -0.4 is 0 Å². The van der Waals surface area contributed by atoms with E-state index in [9.17, 15) is 4.39 Å². The standard InChI is InChI=1S/C12H16FNO/c1-9-4-5-14(7-9)8-10-2-3-12(15)11(13)6-10/h2-3,6,9,15H,4-5,7-8H2,1H3. The van der Waals surface area contributed by atoms with Crippen molar-refractivity contribution in [1.82, 2.24) is 4.90 Å². The minimum Gasteiger partial charge on any atom is -0.505 e. The van der Waals surface area contributed by atoms with Gasteiger partial charge in [-0.25, -0.2) is 4.39 Å². The average Bonchev–Trinajstić information content (AvgIpc) is 2.58. The second-order valence-corrected chi connectivity index (χ2v) is 4.41. The van der Waals surface area contributed by atoms with Gasteiger partial charge in [0.25, 0.3) is 0 Å². The highest BCUT2D eigenvalue weighted by molar-refractivity contribution is 5.27. The van der Waals surface area contributed by atoms with Gasteiger partial charge >= 0.3 is 0 Å². The first-order valence-electron chi connectivity index (χ1n) is 5.35. The molecule has 0 aliphatic carbocycles. The Kier molecular flexibility index (Phi) is 2.91. The van der Waals surface area contributed by atoms with Crippen molar-refractivity contribution in [3.8, 4) is 5.75 Å². The van der Waals surface area contributed by atoms with Crippen molar-refractivity contribution in [2.45, 2.75) is 19.9 Å². The molecule has 2 rings (SSSR count). The third kappa shape index (κ3) is 2.48. The van der Waals surface area contributed by atoms with Crippen molar-refractivity contribution in [3.63, 3.8) is 0 Å². The predicted molar refractivity (Wildman–Crippen MR) is 57.1 cm³/mol. The maximum absolute atomic E-state index is 13.1. The molecule has 1 atom stereocenters. The van der Waals surface area contributed by atoms with Crippen LogP contribution >= 0.6 is 0 Å². The molecular weight excluding hydrogens is 193 g/mol. The third-order valence-electron chi connectivity index (χ3n) is 2.93. The highest BCUT2D eigenvalue weighted by Crippen LogP contribution is 2.20. The Morgan fingerprint density at radius 3 is 2.93 bits per heavy atom. The van der Waals surface area contributed by atoms with Crippen molar-refractivity contribution < 1.29 is 9.50 Å². The lowest BCUT2D eigenvalue weighted by Gasteiger charge is -2.15. The molecular formula is C12H16FNO. The number of halogens is 1. The van der Waals surface area contributed by atoms with Crippen molar-refractivity contribution in [3.05, 3.63) is 29.6 Å². The molecule has 0 spiro atoms. The van der Waals surface area contributed by atoms with Gasteiger partial charge in [-0.15, -0.1) is 0 Å². The highest BCUT2D eigenvalue weighted by Gasteiger charge is 2.18. The zero-order valence-corrected chi connectivity index (χ0v) is 8.91. The molecule has 1 aromatic rings. The van der Waals surface area contributed by atoms with Crippen LogP contribution in [0, 0.1) is 11.7 Å². The molecule has 0 bridgehead atoms. The van der Waals surface area contributed by atoms with Crippen LogP contribution in [0.1, 0.15) is 18.9 Å². The van der Waals surface area contributed by atoms with Gasteiger partial charge in [0.05, 0.1) is 0 Å². The summed E-state index contributed by atoms with van der Waals surface area (Å²) in [5.41, 5.74) is 0.930. The van der Waals surface area contributed by atoms with Gasteiger partial charge in [-0.05, 0) is 36.6 Å². The van der Waals surface area contributed by atoms with Crippen molar-refractivity contribution in [1.29, 1.82) is 0 Å². The fraction of sp³-hybridized carbons (Fsp3) is 0.500. The quantitative estimate of drug-likeness (QED) is 0.808. The van der Waals surface area contributed by atoms with E-state index in [2.05, 4.69) is 11.8 Å². The van der Waals surface area contributed by atoms with Gasteiger partial charge in [0, 0.05) is 13.1 Å². The van der Waals surface area contributed by atoms with Gasteiger partial charge in [-0.2, -0.15) is 0 Å². The van der Waals surface area contributed by atoms with Crippen molar-refractivity contribution in [2.24, 2.45) is 5.92 Å². The summed E-state index contributed by atoms with van der Waals surface area (Å²) in [7, 11) is 0. The SMILES string of the molecule is CC1CCN(Cc2ccc(O)c(F)c2)C1. The molecule has 1 aliphatic heterocycles. The summed E-state index contributed by atoms with van der Waals surface area (Å²) in [6.07, 6.45) is 1.22. The molecule has 1 unspecified atom stereocenters. The number of hydrogen-bond donors (Lipinski definition) is 1. The zero-order valence-electron chi connectivity index (χ0n) is 8.91. The van der Waals surface area contributed by atoms with Gasteiger partial charge in [0.2, 0.25) is 0 Å². The lowest BCUT2D eigenvalue weighted by molar-refractivity contribution is 0.319. The van der Waals surface area contributed by atoms with Crippen LogP contribution in [-0.4, -0.2) is 23.1 Å². The monoisotopic (exact) mass is 209 g/mol. The van der Waals surface area contributed by atoms with E-state index in [1.165, 1.54) is 18.6 Å². The van der Waals surface area contributed by atoms with Gasteiger partial charge in [0.15, 0.2) is 11.6 Å². The molecule has 1 heterocycles. The number of likely N-dealkylation sites (tertiary alicyclic amines) is 1. The molecule has 1 saturated heterocycles. The van der Waals surface area contributed by atoms with Gasteiger partial charge < -0.3 is 5.11 Å². The maximum Gasteiger partial charge on any atom is 0.165 e. The summed E-state index contributed by atoms with van der Waals surface area (Å²) < 4.78 is 13.1. The topological polar surface area (TPSA) is 23.5 Å². The van der Waals surface area contributed by atoms with Gasteiger partial charge in [-0.3, -0.25) is 4.90 Å². The number of phenols is 1. The molecule has 2 nitrogen and oxygen atoms in total. The first-order chi connectivity index (χ1) is 7.15. The van der Waals surface area contributed by atoms with E-state index < -0.39 is 5.82 Å². The summed E-state index contributed by atoms with van der Waals surface area (Å²) in [6.45, 7) is 5.19. The van der Waals surface area contributed by atoms with Crippen LogP contribution in [0.25, 0.3) is 0 Å². The van der Waals surface area contributed by atoms with Gasteiger partial charge in [0.1, 0.15) is 0 Å². The van der Waals surface area contributed by atoms with E-state index in [4.69, 9.17) is 5.11 Å². The number of nitrogens with zero attached hydrogens (tertiary/aromatic N) is 1. The first-order valence-corrected chi connectivity index (χ1v) is 5.35. The smallest absolute Gasteiger partial charge is 0.165 e. The summed E-state index contributed by atoms with van der Waals surface area (Å²) in [6, 6.07) is 4.61. The number of rotatable bonds is 2. The Bertz CT molecular complexity index is 353. The molecule has 0 radical (unpaired) electrons. The van der Waals surface area contributed by atoms with Crippen LogP contribution in [0.5, 0.6) is 5.75 Å². The predicted octanol–water partition coefficient (Wildman–Crippen LogP) is 2.37. The number of aromatic hydroxyl groups is 1. The molecule has 15 heavy (non-hydrogen) atoms. The lowest BCUT2D eigenvalue weighted by atomic mass is 10.2. The van der Waals surface area contributed by atoms with Crippen LogP contribution in [0.3, 0.4) is 0 Å². The third-order valence-corrected chi connectivity index (χ3v) is 2.93. The Balaban J connectivity index is 2.02. The molecule has 1 N–H and O–H groups in total. The van der Waals surface area contributed by atoms with Crippen molar-refractivity contribution in [2.75, 3.05) is 13.1 Å². The normalized spacial score (nSPS) is 22.1. The lowest BCUT2D eigenvalue weighted by Crippen LogP contribution is -2.19. The molecule has 1 aromatic carbocycles. The van der Waals surface area contributed by atoms with E-state index in [0.717, 1.165) is 31.1 Å². The molecule has 0 saturated carbocycles. The highest BCUT2D eigenvalue weighted by atomic mass is 19.1. The number of phenolic OH excluding ortho intramolecular Hbond substituents is 1. The summed E-state index contributed by atoms with van der Waals surface area (Å²) >= 11 is 0. The second kappa shape index (κ2) is 4.19. The molecule has 0 aromatic heterocycles. The van der Waals surface area contributed by atoms with Crippen LogP contribution in [0.2, 0.25) is 0 Å². The van der Waals surface area contributed by atoms with E-state index in [1.807, 2.05) is 0 Å². The van der Waals surface area contributed by atoms with Crippen LogP contribution in [0.4, 0.5) is 4.39 Å². The average molecular weight is 209 g/mol. The Labute approximate surface area is 89.3 Å². The summed E-state index contributed by atoms with van der Waals surface area (Å²) in [4.78, 5) is 2.32. The van der Waals surface area contributed by atoms with Crippen LogP contribution in [0.15, 0.2) is 18.2 Å². The molecule has 3 heteroatoms. The zero-order chi connectivity index (χ0) is 10.8. The molecule has 1 aliphatic rings. The summed E-state index contributed by atoms with van der Waals surface area (Å²) in [5, 5.41) is 9.06. The van der Waals surface area contributed by atoms with Crippen LogP contribution in [-0.2, 0) is 6.54 Å². The first kappa shape index (κ1) is 10.4. The number of hydrogen-bond acceptors (Lipinski definition) is 2. The maximum atomic E-state index is 13.1. The number of benzene rings is 1. The Morgan fingerprint density at radius 1 is 1.53 bits per heavy atom. The van der Waals surface area contributed by atoms with E-state index in [-0.39, 0.29) is 5.75 Å². The fourth-order valence-electron chi connectivity index (χ4n) is 2.08. The van der Waals surface area contributed by atoms with Crippen molar-refractivity contribution >= 4 is 0 Å². The van der Waals surface area contributed by atoms with Gasteiger partial charge in [-0.1, -0.05) is 13.0 Å². The Morgan fingerprint density at radius 2 is 2.33 bits per heavy atom. The Hall–Kier alpha value is -1.09. The molecule has 1 fully saturated rings. The van der Waals surface area contributed by atoms with E-state index >= 15 is 0 Å². The van der Waals surface area contributed by atoms with E-state index in [0.29, 0.717) is 0 Å². The fourth-order valence-corrected chi connectivity index (χ4v) is 2.08. The minimum atomic E-state index is -0.528. The molecule has 82 valence electrons. The summed E-state index contributed by atoms with van der Waals surface area (Å²) in [5.74, 6) is -0.0553.